The van der Waals surface area contributed by atoms with Gasteiger partial charge in [-0.15, -0.1) is 0 Å². The van der Waals surface area contributed by atoms with Crippen LogP contribution in [0.3, 0.4) is 0 Å². The SMILES string of the molecule is COC(=O)c1cc(C(=O)NCc2cccnc2-n2cncn2)cc([N+](=O)[O-])c1. The topological polar surface area (TPSA) is 142 Å². The van der Waals surface area contributed by atoms with Gasteiger partial charge in [-0.25, -0.2) is 19.4 Å². The van der Waals surface area contributed by atoms with Crippen LogP contribution in [0.2, 0.25) is 0 Å². The van der Waals surface area contributed by atoms with Crippen LogP contribution < -0.4 is 5.32 Å². The minimum atomic E-state index is -0.779. The highest BCUT2D eigenvalue weighted by molar-refractivity contribution is 5.98. The number of nitrogens with one attached hydrogen (secondary N) is 1. The molecule has 3 rings (SSSR count). The Labute approximate surface area is 158 Å². The number of carbonyl (C=O) groups is 2. The number of hydrogen-bond donors (Lipinski definition) is 1. The average Bonchev–Trinajstić information content (AvgIpc) is 3.25. The van der Waals surface area contributed by atoms with Gasteiger partial charge >= 0.3 is 5.97 Å². The number of carbonyl (C=O) groups excluding carboxylic acids is 2. The average molecular weight is 382 g/mol. The summed E-state index contributed by atoms with van der Waals surface area (Å²) in [6, 6.07) is 6.81. The molecule has 1 N–H and O–H groups in total. The van der Waals surface area contributed by atoms with Crippen molar-refractivity contribution in [3.05, 3.63) is 76.0 Å². The Bertz CT molecular complexity index is 1030. The van der Waals surface area contributed by atoms with Gasteiger partial charge in [0.2, 0.25) is 0 Å². The standard InChI is InChI=1S/C17H14N6O5/c1-28-17(25)13-5-12(6-14(7-13)23(26)27)16(24)20-8-11-3-2-4-19-15(11)22-10-18-9-21-22/h2-7,9-10H,8H2,1H3,(H,20,24). The molecule has 2 heterocycles. The number of nitro benzene ring substituents is 1. The fourth-order valence-corrected chi connectivity index (χ4v) is 2.45. The summed E-state index contributed by atoms with van der Waals surface area (Å²) in [7, 11) is 1.15. The number of nitro groups is 1. The first-order chi connectivity index (χ1) is 13.5. The molecule has 0 spiro atoms. The number of amides is 1. The van der Waals surface area contributed by atoms with Gasteiger partial charge in [-0.2, -0.15) is 5.10 Å². The molecule has 11 heteroatoms. The number of benzene rings is 1. The Kier molecular flexibility index (Phi) is 5.35. The summed E-state index contributed by atoms with van der Waals surface area (Å²) >= 11 is 0. The normalized spacial score (nSPS) is 10.3. The van der Waals surface area contributed by atoms with E-state index in [1.807, 2.05) is 0 Å². The van der Waals surface area contributed by atoms with E-state index < -0.39 is 22.5 Å². The van der Waals surface area contributed by atoms with Gasteiger partial charge in [-0.3, -0.25) is 14.9 Å². The van der Waals surface area contributed by atoms with Crippen LogP contribution in [0.4, 0.5) is 5.69 Å². The van der Waals surface area contributed by atoms with Crippen molar-refractivity contribution in [3.8, 4) is 5.82 Å². The number of ether oxygens (including phenoxy) is 1. The zero-order chi connectivity index (χ0) is 20.1. The van der Waals surface area contributed by atoms with E-state index in [0.29, 0.717) is 11.4 Å². The first kappa shape index (κ1) is 18.6. The Balaban J connectivity index is 1.84. The van der Waals surface area contributed by atoms with Gasteiger partial charge in [-0.1, -0.05) is 6.07 Å². The largest absolute Gasteiger partial charge is 0.465 e. The number of pyridine rings is 1. The molecule has 0 saturated heterocycles. The van der Waals surface area contributed by atoms with Crippen molar-refractivity contribution in [1.29, 1.82) is 0 Å². The van der Waals surface area contributed by atoms with Gasteiger partial charge in [0, 0.05) is 36.0 Å². The van der Waals surface area contributed by atoms with Crippen molar-refractivity contribution in [2.24, 2.45) is 0 Å². The fourth-order valence-electron chi connectivity index (χ4n) is 2.45. The monoisotopic (exact) mass is 382 g/mol. The van der Waals surface area contributed by atoms with E-state index in [0.717, 1.165) is 19.2 Å². The number of non-ortho nitro benzene ring substituents is 1. The van der Waals surface area contributed by atoms with Gasteiger partial charge in [0.15, 0.2) is 5.82 Å². The summed E-state index contributed by atoms with van der Waals surface area (Å²) in [6.45, 7) is 0.0815. The molecule has 11 nitrogen and oxygen atoms in total. The van der Waals surface area contributed by atoms with Crippen molar-refractivity contribution in [2.75, 3.05) is 7.11 Å². The van der Waals surface area contributed by atoms with Crippen LogP contribution in [0, 0.1) is 10.1 Å². The summed E-state index contributed by atoms with van der Waals surface area (Å²) in [4.78, 5) is 42.7. The van der Waals surface area contributed by atoms with Gasteiger partial charge in [0.25, 0.3) is 11.6 Å². The fraction of sp³-hybridized carbons (Fsp3) is 0.118. The van der Waals surface area contributed by atoms with E-state index in [1.165, 1.54) is 23.4 Å². The lowest BCUT2D eigenvalue weighted by molar-refractivity contribution is -0.384. The number of nitrogens with zero attached hydrogens (tertiary/aromatic N) is 5. The lowest BCUT2D eigenvalue weighted by Crippen LogP contribution is -2.24. The van der Waals surface area contributed by atoms with Crippen molar-refractivity contribution in [3.63, 3.8) is 0 Å². The molecule has 142 valence electrons. The van der Waals surface area contributed by atoms with Crippen LogP contribution in [0.5, 0.6) is 0 Å². The second kappa shape index (κ2) is 8.03. The Morgan fingerprint density at radius 1 is 1.29 bits per heavy atom. The van der Waals surface area contributed by atoms with Crippen molar-refractivity contribution < 1.29 is 19.2 Å². The summed E-state index contributed by atoms with van der Waals surface area (Å²) in [5, 5.41) is 17.8. The van der Waals surface area contributed by atoms with Gasteiger partial charge in [0.1, 0.15) is 12.7 Å². The molecule has 0 aliphatic rings. The summed E-state index contributed by atoms with van der Waals surface area (Å²) in [5.41, 5.74) is 0.130. The quantitative estimate of drug-likeness (QED) is 0.382. The van der Waals surface area contributed by atoms with Crippen LogP contribution in [-0.4, -0.2) is 43.7 Å². The van der Waals surface area contributed by atoms with E-state index in [9.17, 15) is 19.7 Å². The highest BCUT2D eigenvalue weighted by Gasteiger charge is 2.18. The predicted octanol–water partition coefficient (Wildman–Crippen LogP) is 1.29. The molecule has 0 atom stereocenters. The summed E-state index contributed by atoms with van der Waals surface area (Å²) in [6.07, 6.45) is 4.40. The molecule has 2 aromatic heterocycles. The number of hydrogen-bond acceptors (Lipinski definition) is 8. The Morgan fingerprint density at radius 3 is 2.75 bits per heavy atom. The molecule has 28 heavy (non-hydrogen) atoms. The number of rotatable bonds is 6. The van der Waals surface area contributed by atoms with Gasteiger partial charge in [0.05, 0.1) is 17.6 Å². The molecular weight excluding hydrogens is 368 g/mol. The summed E-state index contributed by atoms with van der Waals surface area (Å²) in [5.74, 6) is -0.893. The van der Waals surface area contributed by atoms with Crippen LogP contribution in [-0.2, 0) is 11.3 Å². The minimum Gasteiger partial charge on any atom is -0.465 e. The lowest BCUT2D eigenvalue weighted by atomic mass is 10.1. The zero-order valence-corrected chi connectivity index (χ0v) is 14.6. The lowest BCUT2D eigenvalue weighted by Gasteiger charge is -2.10. The zero-order valence-electron chi connectivity index (χ0n) is 14.6. The predicted molar refractivity (Wildman–Crippen MR) is 94.8 cm³/mol. The van der Waals surface area contributed by atoms with Crippen LogP contribution in [0.25, 0.3) is 5.82 Å². The highest BCUT2D eigenvalue weighted by Crippen LogP contribution is 2.18. The molecule has 1 aromatic carbocycles. The number of esters is 1. The van der Waals surface area contributed by atoms with Crippen LogP contribution >= 0.6 is 0 Å². The van der Waals surface area contributed by atoms with E-state index in [4.69, 9.17) is 0 Å². The van der Waals surface area contributed by atoms with E-state index in [1.54, 1.807) is 18.3 Å². The second-order valence-electron chi connectivity index (χ2n) is 5.53. The highest BCUT2D eigenvalue weighted by atomic mass is 16.6. The third kappa shape index (κ3) is 3.98. The molecule has 0 radical (unpaired) electrons. The molecule has 0 unspecified atom stereocenters. The maximum atomic E-state index is 12.5. The van der Waals surface area contributed by atoms with Crippen molar-refractivity contribution >= 4 is 17.6 Å². The minimum absolute atomic E-state index is 0.0409. The third-order valence-corrected chi connectivity index (χ3v) is 3.75. The van der Waals surface area contributed by atoms with E-state index in [-0.39, 0.29) is 17.7 Å². The second-order valence-corrected chi connectivity index (χ2v) is 5.53. The van der Waals surface area contributed by atoms with E-state index in [2.05, 4.69) is 25.1 Å². The van der Waals surface area contributed by atoms with E-state index >= 15 is 0 Å². The smallest absolute Gasteiger partial charge is 0.338 e. The first-order valence-corrected chi connectivity index (χ1v) is 7.94. The molecule has 0 aliphatic carbocycles. The molecule has 0 aliphatic heterocycles. The summed E-state index contributed by atoms with van der Waals surface area (Å²) < 4.78 is 6.02. The maximum Gasteiger partial charge on any atom is 0.338 e. The van der Waals surface area contributed by atoms with Crippen molar-refractivity contribution in [2.45, 2.75) is 6.54 Å². The molecule has 0 fully saturated rings. The van der Waals surface area contributed by atoms with Crippen LogP contribution in [0.1, 0.15) is 26.3 Å². The van der Waals surface area contributed by atoms with Gasteiger partial charge < -0.3 is 10.1 Å². The number of aromatic nitrogens is 4. The molecule has 1 amide bonds. The molecule has 0 saturated carbocycles. The Morgan fingerprint density at radius 2 is 2.07 bits per heavy atom. The third-order valence-electron chi connectivity index (χ3n) is 3.75. The maximum absolute atomic E-state index is 12.5. The van der Waals surface area contributed by atoms with Gasteiger partial charge in [-0.05, 0) is 12.1 Å². The Hall–Kier alpha value is -4.15. The van der Waals surface area contributed by atoms with Crippen LogP contribution in [0.15, 0.2) is 49.2 Å². The molecule has 3 aromatic rings. The van der Waals surface area contributed by atoms with Crippen molar-refractivity contribution in [1.82, 2.24) is 25.1 Å². The number of methoxy groups -OCH3 is 1. The first-order valence-electron chi connectivity index (χ1n) is 7.94. The molecule has 0 bridgehead atoms. The molecular formula is C17H14N6O5.